The lowest BCUT2D eigenvalue weighted by Gasteiger charge is -2.25. The maximum Gasteiger partial charge on any atom is 0.129 e. The van der Waals surface area contributed by atoms with Gasteiger partial charge >= 0.3 is 0 Å². The Bertz CT molecular complexity index is 608. The molecule has 3 heteroatoms. The van der Waals surface area contributed by atoms with Gasteiger partial charge < -0.3 is 5.32 Å². The molecule has 112 valence electrons. The first-order valence-corrected chi connectivity index (χ1v) is 7.58. The first-order chi connectivity index (χ1) is 9.95. The number of hydrogen-bond acceptors (Lipinski definition) is 1. The molecule has 0 bridgehead atoms. The van der Waals surface area contributed by atoms with Crippen LogP contribution in [-0.2, 0) is 0 Å². The van der Waals surface area contributed by atoms with E-state index in [4.69, 9.17) is 11.6 Å². The number of aryl methyl sites for hydroxylation is 3. The van der Waals surface area contributed by atoms with Crippen molar-refractivity contribution in [3.05, 3.63) is 69.0 Å². The Kier molecular flexibility index (Phi) is 5.02. The topological polar surface area (TPSA) is 12.0 Å². The molecule has 2 rings (SSSR count). The summed E-state index contributed by atoms with van der Waals surface area (Å²) in [6.07, 6.45) is 0. The lowest BCUT2D eigenvalue weighted by atomic mass is 9.89. The molecule has 0 heterocycles. The number of nitrogens with one attached hydrogen (secondary N) is 1. The average Bonchev–Trinajstić information content (AvgIpc) is 2.37. The molecule has 0 saturated heterocycles. The summed E-state index contributed by atoms with van der Waals surface area (Å²) in [5.74, 6) is -0.271. The molecule has 2 aromatic carbocycles. The number of hydrogen-bond donors (Lipinski definition) is 1. The summed E-state index contributed by atoms with van der Waals surface area (Å²) in [4.78, 5) is 0. The van der Waals surface area contributed by atoms with Crippen LogP contribution in [0.1, 0.15) is 40.8 Å². The fourth-order valence-corrected chi connectivity index (χ4v) is 3.26. The van der Waals surface area contributed by atoms with Crippen molar-refractivity contribution < 1.29 is 4.39 Å². The highest BCUT2D eigenvalue weighted by atomic mass is 35.5. The van der Waals surface area contributed by atoms with Gasteiger partial charge in [0.1, 0.15) is 5.82 Å². The summed E-state index contributed by atoms with van der Waals surface area (Å²) in [5.41, 5.74) is 5.14. The zero-order valence-corrected chi connectivity index (χ0v) is 13.7. The molecule has 0 aliphatic heterocycles. The van der Waals surface area contributed by atoms with Crippen LogP contribution in [0.15, 0.2) is 30.3 Å². The van der Waals surface area contributed by atoms with Gasteiger partial charge in [-0.2, -0.15) is 0 Å². The maximum absolute atomic E-state index is 14.3. The third kappa shape index (κ3) is 3.28. The van der Waals surface area contributed by atoms with Crippen LogP contribution in [0.2, 0.25) is 5.02 Å². The normalized spacial score (nSPS) is 12.5. The van der Waals surface area contributed by atoms with Crippen LogP contribution in [-0.4, -0.2) is 6.54 Å². The Hall–Kier alpha value is -1.38. The van der Waals surface area contributed by atoms with E-state index in [2.05, 4.69) is 38.2 Å². The minimum absolute atomic E-state index is 0.232. The van der Waals surface area contributed by atoms with E-state index >= 15 is 0 Å². The Balaban J connectivity index is 2.65. The summed E-state index contributed by atoms with van der Waals surface area (Å²) in [6.45, 7) is 8.95. The second kappa shape index (κ2) is 6.59. The Morgan fingerprint density at radius 2 is 1.71 bits per heavy atom. The molecule has 1 N–H and O–H groups in total. The summed E-state index contributed by atoms with van der Waals surface area (Å²) in [6, 6.07) is 8.86. The van der Waals surface area contributed by atoms with Gasteiger partial charge in [-0.3, -0.25) is 0 Å². The van der Waals surface area contributed by atoms with Gasteiger partial charge in [-0.25, -0.2) is 4.39 Å². The zero-order chi connectivity index (χ0) is 15.6. The maximum atomic E-state index is 14.3. The van der Waals surface area contributed by atoms with Gasteiger partial charge in [-0.1, -0.05) is 42.3 Å². The van der Waals surface area contributed by atoms with Crippen molar-refractivity contribution in [2.45, 2.75) is 33.7 Å². The predicted octanol–water partition coefficient (Wildman–Crippen LogP) is 5.10. The molecule has 0 amide bonds. The molecule has 0 aliphatic rings. The standard InChI is InChI=1S/C18H21ClFN/c1-5-21-18(17-14(19)7-6-8-15(17)20)16-12(3)9-11(2)10-13(16)4/h6-10,18,21H,5H2,1-4H3. The minimum Gasteiger partial charge on any atom is -0.306 e. The van der Waals surface area contributed by atoms with Crippen molar-refractivity contribution in [3.8, 4) is 0 Å². The quantitative estimate of drug-likeness (QED) is 0.828. The van der Waals surface area contributed by atoms with E-state index in [1.807, 2.05) is 6.92 Å². The van der Waals surface area contributed by atoms with Crippen LogP contribution in [0.3, 0.4) is 0 Å². The van der Waals surface area contributed by atoms with Gasteiger partial charge in [0, 0.05) is 10.6 Å². The first-order valence-electron chi connectivity index (χ1n) is 7.20. The molecule has 0 spiro atoms. The van der Waals surface area contributed by atoms with Crippen LogP contribution in [0.25, 0.3) is 0 Å². The van der Waals surface area contributed by atoms with Gasteiger partial charge in [0.25, 0.3) is 0 Å². The average molecular weight is 306 g/mol. The zero-order valence-electron chi connectivity index (χ0n) is 12.9. The summed E-state index contributed by atoms with van der Waals surface area (Å²) >= 11 is 6.27. The number of halogens is 2. The van der Waals surface area contributed by atoms with Gasteiger partial charge in [-0.05, 0) is 56.1 Å². The van der Waals surface area contributed by atoms with Gasteiger partial charge in [0.15, 0.2) is 0 Å². The molecule has 0 saturated carbocycles. The van der Waals surface area contributed by atoms with Crippen molar-refractivity contribution in [2.24, 2.45) is 0 Å². The first kappa shape index (κ1) is 16.0. The minimum atomic E-state index is -0.271. The highest BCUT2D eigenvalue weighted by molar-refractivity contribution is 6.31. The molecular weight excluding hydrogens is 285 g/mol. The Morgan fingerprint density at radius 1 is 1.10 bits per heavy atom. The monoisotopic (exact) mass is 305 g/mol. The van der Waals surface area contributed by atoms with Crippen LogP contribution in [0.4, 0.5) is 4.39 Å². The van der Waals surface area contributed by atoms with Crippen LogP contribution < -0.4 is 5.32 Å². The molecule has 1 nitrogen and oxygen atoms in total. The van der Waals surface area contributed by atoms with Crippen LogP contribution >= 0.6 is 11.6 Å². The highest BCUT2D eigenvalue weighted by Gasteiger charge is 2.23. The lowest BCUT2D eigenvalue weighted by molar-refractivity contribution is 0.556. The second-order valence-electron chi connectivity index (χ2n) is 5.44. The summed E-state index contributed by atoms with van der Waals surface area (Å²) < 4.78 is 14.3. The molecule has 0 aromatic heterocycles. The summed E-state index contributed by atoms with van der Waals surface area (Å²) in [7, 11) is 0. The van der Waals surface area contributed by atoms with Crippen molar-refractivity contribution in [2.75, 3.05) is 6.54 Å². The van der Waals surface area contributed by atoms with Gasteiger partial charge in [0.05, 0.1) is 6.04 Å². The molecule has 21 heavy (non-hydrogen) atoms. The van der Waals surface area contributed by atoms with Crippen molar-refractivity contribution in [1.29, 1.82) is 0 Å². The van der Waals surface area contributed by atoms with E-state index in [0.717, 1.165) is 23.2 Å². The highest BCUT2D eigenvalue weighted by Crippen LogP contribution is 2.34. The fourth-order valence-electron chi connectivity index (χ4n) is 2.99. The lowest BCUT2D eigenvalue weighted by Crippen LogP contribution is -2.25. The van der Waals surface area contributed by atoms with Crippen molar-refractivity contribution in [3.63, 3.8) is 0 Å². The van der Waals surface area contributed by atoms with Crippen LogP contribution in [0, 0.1) is 26.6 Å². The van der Waals surface area contributed by atoms with Crippen LogP contribution in [0.5, 0.6) is 0 Å². The third-order valence-corrected chi connectivity index (χ3v) is 4.05. The van der Waals surface area contributed by atoms with Gasteiger partial charge in [-0.15, -0.1) is 0 Å². The van der Waals surface area contributed by atoms with Crippen molar-refractivity contribution >= 4 is 11.6 Å². The Morgan fingerprint density at radius 3 is 2.24 bits per heavy atom. The number of benzene rings is 2. The molecule has 0 fully saturated rings. The third-order valence-electron chi connectivity index (χ3n) is 3.72. The number of rotatable bonds is 4. The molecule has 0 aliphatic carbocycles. The van der Waals surface area contributed by atoms with E-state index in [-0.39, 0.29) is 11.9 Å². The summed E-state index contributed by atoms with van der Waals surface area (Å²) in [5, 5.41) is 3.83. The molecule has 2 aromatic rings. The van der Waals surface area contributed by atoms with E-state index in [9.17, 15) is 4.39 Å². The molecule has 1 unspecified atom stereocenters. The SMILES string of the molecule is CCNC(c1c(C)cc(C)cc1C)c1c(F)cccc1Cl. The smallest absolute Gasteiger partial charge is 0.129 e. The van der Waals surface area contributed by atoms with E-state index in [1.165, 1.54) is 11.6 Å². The predicted molar refractivity (Wildman–Crippen MR) is 87.6 cm³/mol. The molecule has 0 radical (unpaired) electrons. The van der Waals surface area contributed by atoms with Crippen molar-refractivity contribution in [1.82, 2.24) is 5.32 Å². The largest absolute Gasteiger partial charge is 0.306 e. The fraction of sp³-hybridized carbons (Fsp3) is 0.333. The van der Waals surface area contributed by atoms with E-state index in [1.54, 1.807) is 12.1 Å². The second-order valence-corrected chi connectivity index (χ2v) is 5.85. The van der Waals surface area contributed by atoms with E-state index in [0.29, 0.717) is 10.6 Å². The van der Waals surface area contributed by atoms with Gasteiger partial charge in [0.2, 0.25) is 0 Å². The Labute approximate surface area is 131 Å². The molecule has 1 atom stereocenters. The van der Waals surface area contributed by atoms with E-state index < -0.39 is 0 Å². The molecular formula is C18H21ClFN.